The van der Waals surface area contributed by atoms with Gasteiger partial charge in [-0.2, -0.15) is 4.39 Å². The number of pyridine rings is 4. The van der Waals surface area contributed by atoms with Crippen molar-refractivity contribution in [1.82, 2.24) is 19.9 Å². The van der Waals surface area contributed by atoms with Gasteiger partial charge >= 0.3 is 21.1 Å². The maximum atomic E-state index is 11.8. The predicted octanol–water partition coefficient (Wildman–Crippen LogP) is 4.42. The van der Waals surface area contributed by atoms with Crippen LogP contribution in [0.4, 0.5) is 4.39 Å². The first-order valence-corrected chi connectivity index (χ1v) is 7.69. The number of rotatable bonds is 2. The summed E-state index contributed by atoms with van der Waals surface area (Å²) < 4.78 is 11.8. The second-order valence-corrected chi connectivity index (χ2v) is 4.99. The maximum absolute atomic E-state index is 11.8. The van der Waals surface area contributed by atoms with Crippen LogP contribution in [0.5, 0.6) is 0 Å². The van der Waals surface area contributed by atoms with Crippen molar-refractivity contribution in [2.45, 2.75) is 0 Å². The van der Waals surface area contributed by atoms with E-state index >= 15 is 0 Å². The molecule has 6 heteroatoms. The quantitative estimate of drug-likeness (QED) is 0.364. The minimum absolute atomic E-state index is 0. The molecule has 0 unspecified atom stereocenters. The Morgan fingerprint density at radius 1 is 0.500 bits per heavy atom. The van der Waals surface area contributed by atoms with Crippen molar-refractivity contribution >= 4 is 0 Å². The average Bonchev–Trinajstić information content (AvgIpc) is 2.71. The topological polar surface area (TPSA) is 51.6 Å². The van der Waals surface area contributed by atoms with Gasteiger partial charge in [-0.25, -0.2) is 9.97 Å². The van der Waals surface area contributed by atoms with Crippen LogP contribution in [0.25, 0.3) is 22.8 Å². The van der Waals surface area contributed by atoms with Crippen LogP contribution in [0.2, 0.25) is 0 Å². The van der Waals surface area contributed by atoms with Crippen LogP contribution in [0, 0.1) is 5.95 Å². The molecule has 0 atom stereocenters. The zero-order valence-electron chi connectivity index (χ0n) is 13.6. The number of halogens is 1. The molecule has 0 spiro atoms. The molecule has 0 saturated heterocycles. The summed E-state index contributed by atoms with van der Waals surface area (Å²) in [5, 5.41) is 0. The molecule has 0 amide bonds. The largest absolute Gasteiger partial charge is 2.00 e. The summed E-state index contributed by atoms with van der Waals surface area (Å²) in [5.41, 5.74) is 3.46. The van der Waals surface area contributed by atoms with Gasteiger partial charge in [0.15, 0.2) is 0 Å². The minimum atomic E-state index is -0.428. The Balaban J connectivity index is 0.000000258. The molecule has 4 nitrogen and oxygen atoms in total. The molecule has 4 rings (SSSR count). The van der Waals surface area contributed by atoms with E-state index in [4.69, 9.17) is 0 Å². The van der Waals surface area contributed by atoms with Gasteiger partial charge in [0.2, 0.25) is 5.95 Å². The van der Waals surface area contributed by atoms with E-state index in [2.05, 4.69) is 19.9 Å². The molecule has 0 aromatic carbocycles. The summed E-state index contributed by atoms with van der Waals surface area (Å²) in [7, 11) is 0. The molecule has 0 aliphatic carbocycles. The normalized spacial score (nSPS) is 9.42. The van der Waals surface area contributed by atoms with Gasteiger partial charge in [0, 0.05) is 18.6 Å². The van der Waals surface area contributed by atoms with Crippen molar-refractivity contribution in [3.63, 3.8) is 0 Å². The van der Waals surface area contributed by atoms with Crippen LogP contribution < -0.4 is 0 Å². The van der Waals surface area contributed by atoms with Gasteiger partial charge in [-0.1, -0.05) is 24.3 Å². The van der Waals surface area contributed by atoms with Gasteiger partial charge in [-0.3, -0.25) is 9.97 Å². The van der Waals surface area contributed by atoms with Gasteiger partial charge in [-0.15, -0.1) is 0 Å². The molecule has 26 heavy (non-hydrogen) atoms. The van der Waals surface area contributed by atoms with Crippen molar-refractivity contribution < 1.29 is 25.5 Å². The molecule has 0 saturated carbocycles. The molecule has 0 bridgehead atoms. The molecule has 0 aliphatic rings. The smallest absolute Gasteiger partial charge is 0.255 e. The molecule has 0 aliphatic heterocycles. The SMILES string of the molecule is Fc1ccccn1.[Pt+2].c1ccc(-c2cccc(-c3ccccn3)n2)nc1. The van der Waals surface area contributed by atoms with Crippen molar-refractivity contribution in [2.75, 3.05) is 0 Å². The van der Waals surface area contributed by atoms with Crippen molar-refractivity contribution in [2.24, 2.45) is 0 Å². The van der Waals surface area contributed by atoms with E-state index in [0.717, 1.165) is 22.8 Å². The number of hydrogen-bond acceptors (Lipinski definition) is 4. The maximum Gasteiger partial charge on any atom is 2.00 e. The van der Waals surface area contributed by atoms with E-state index in [0.29, 0.717) is 0 Å². The van der Waals surface area contributed by atoms with Crippen molar-refractivity contribution in [1.29, 1.82) is 0 Å². The number of hydrogen-bond donors (Lipinski definition) is 0. The minimum Gasteiger partial charge on any atom is -0.255 e. The molecule has 4 aromatic heterocycles. The molecular formula is C20H15FN4Pt+2. The molecule has 4 heterocycles. The third kappa shape index (κ3) is 5.64. The Morgan fingerprint density at radius 2 is 0.962 bits per heavy atom. The van der Waals surface area contributed by atoms with Crippen molar-refractivity contribution in [3.05, 3.63) is 97.3 Å². The molecular weight excluding hydrogens is 510 g/mol. The molecule has 0 N–H and O–H groups in total. The summed E-state index contributed by atoms with van der Waals surface area (Å²) in [6.45, 7) is 0. The molecule has 4 aromatic rings. The standard InChI is InChI=1S/C15H11N3.C5H4FN.Pt/c1-3-10-16-12(6-1)14-8-5-9-15(18-14)13-7-2-4-11-17-13;6-5-3-1-2-4-7-5;/h1-11H;1-4H;/q;;+2. The van der Waals surface area contributed by atoms with Crippen LogP contribution in [0.15, 0.2) is 91.4 Å². The third-order valence-corrected chi connectivity index (χ3v) is 3.23. The van der Waals surface area contributed by atoms with Gasteiger partial charge in [0.25, 0.3) is 0 Å². The van der Waals surface area contributed by atoms with Crippen LogP contribution >= 0.6 is 0 Å². The molecule has 0 radical (unpaired) electrons. The summed E-state index contributed by atoms with van der Waals surface area (Å²) in [5.74, 6) is -0.428. The number of nitrogens with zero attached hydrogens (tertiary/aromatic N) is 4. The van der Waals surface area contributed by atoms with E-state index in [-0.39, 0.29) is 21.1 Å². The monoisotopic (exact) mass is 525 g/mol. The van der Waals surface area contributed by atoms with E-state index in [1.54, 1.807) is 24.5 Å². The van der Waals surface area contributed by atoms with Crippen molar-refractivity contribution in [3.8, 4) is 22.8 Å². The van der Waals surface area contributed by atoms with E-state index in [1.807, 2.05) is 54.6 Å². The fourth-order valence-electron chi connectivity index (χ4n) is 2.09. The van der Waals surface area contributed by atoms with Gasteiger partial charge in [-0.05, 0) is 48.5 Å². The van der Waals surface area contributed by atoms with Gasteiger partial charge < -0.3 is 0 Å². The summed E-state index contributed by atoms with van der Waals surface area (Å²) in [6, 6.07) is 22.1. The second kappa shape index (κ2) is 10.3. The predicted molar refractivity (Wildman–Crippen MR) is 94.9 cm³/mol. The van der Waals surface area contributed by atoms with E-state index in [9.17, 15) is 4.39 Å². The zero-order chi connectivity index (χ0) is 17.3. The molecule has 130 valence electrons. The zero-order valence-corrected chi connectivity index (χ0v) is 15.9. The third-order valence-electron chi connectivity index (χ3n) is 3.23. The Hall–Kier alpha value is -2.78. The van der Waals surface area contributed by atoms with Crippen LogP contribution in [0.3, 0.4) is 0 Å². The first-order valence-electron chi connectivity index (χ1n) is 7.69. The summed E-state index contributed by atoms with van der Waals surface area (Å²) >= 11 is 0. The summed E-state index contributed by atoms with van der Waals surface area (Å²) in [4.78, 5) is 16.5. The van der Waals surface area contributed by atoms with E-state index < -0.39 is 5.95 Å². The summed E-state index contributed by atoms with van der Waals surface area (Å²) in [6.07, 6.45) is 4.95. The fraction of sp³-hybridized carbons (Fsp3) is 0. The Bertz CT molecular complexity index is 852. The molecule has 0 fully saturated rings. The second-order valence-electron chi connectivity index (χ2n) is 4.99. The van der Waals surface area contributed by atoms with Gasteiger partial charge in [0.05, 0.1) is 22.8 Å². The number of aromatic nitrogens is 4. The fourth-order valence-corrected chi connectivity index (χ4v) is 2.09. The average molecular weight is 525 g/mol. The van der Waals surface area contributed by atoms with Crippen LogP contribution in [0.1, 0.15) is 0 Å². The first-order chi connectivity index (χ1) is 12.3. The Labute approximate surface area is 165 Å². The van der Waals surface area contributed by atoms with Gasteiger partial charge in [0.1, 0.15) is 0 Å². The Morgan fingerprint density at radius 3 is 1.31 bits per heavy atom. The van der Waals surface area contributed by atoms with Crippen LogP contribution in [-0.4, -0.2) is 19.9 Å². The Kier molecular flexibility index (Phi) is 7.71. The van der Waals surface area contributed by atoms with E-state index in [1.165, 1.54) is 12.3 Å². The first kappa shape index (κ1) is 19.5. The van der Waals surface area contributed by atoms with Crippen LogP contribution in [-0.2, 0) is 21.1 Å².